The molecule has 3 N–H and O–H groups in total. The fraction of sp³-hybridized carbons (Fsp3) is 0.192. The van der Waals surface area contributed by atoms with E-state index in [0.29, 0.717) is 40.5 Å². The smallest absolute Gasteiger partial charge is 0.256 e. The Hall–Kier alpha value is -4.53. The van der Waals surface area contributed by atoms with Gasteiger partial charge in [0.2, 0.25) is 5.91 Å². The molecule has 9 nitrogen and oxygen atoms in total. The molecule has 3 aromatic heterocycles. The van der Waals surface area contributed by atoms with Gasteiger partial charge in [-0.2, -0.15) is 0 Å². The number of benzene rings is 1. The van der Waals surface area contributed by atoms with Crippen LogP contribution in [0.1, 0.15) is 42.0 Å². The first-order valence-corrected chi connectivity index (χ1v) is 11.4. The summed E-state index contributed by atoms with van der Waals surface area (Å²) in [6.07, 6.45) is 6.74. The van der Waals surface area contributed by atoms with Crippen molar-refractivity contribution in [3.8, 4) is 11.3 Å². The molecule has 1 unspecified atom stereocenters. The van der Waals surface area contributed by atoms with Crippen molar-refractivity contribution in [3.05, 3.63) is 84.6 Å². The molecule has 1 aromatic carbocycles. The fourth-order valence-electron chi connectivity index (χ4n) is 4.45. The summed E-state index contributed by atoms with van der Waals surface area (Å²) >= 11 is 0. The molecule has 1 aliphatic heterocycles. The standard InChI is InChI=1S/C26H25N7O2/c1-16(2)26(35)32-14-5-6-19(32)24-31-21(22-23(27)29-13-15-33(22)24)17-8-10-18(11-9-17)25(34)30-20-7-3-4-12-28-20/h3-4,7-13,15,19H,1,5-6,14H2,2H3,(H2,27,29)(H,28,30,34). The van der Waals surface area contributed by atoms with Crippen LogP contribution in [0.2, 0.25) is 0 Å². The van der Waals surface area contributed by atoms with Gasteiger partial charge in [-0.25, -0.2) is 15.0 Å². The van der Waals surface area contributed by atoms with Crippen molar-refractivity contribution in [2.24, 2.45) is 0 Å². The normalized spacial score (nSPS) is 15.3. The fourth-order valence-corrected chi connectivity index (χ4v) is 4.45. The quantitative estimate of drug-likeness (QED) is 0.430. The predicted molar refractivity (Wildman–Crippen MR) is 134 cm³/mol. The monoisotopic (exact) mass is 467 g/mol. The zero-order valence-corrected chi connectivity index (χ0v) is 19.3. The minimum Gasteiger partial charge on any atom is -0.382 e. The van der Waals surface area contributed by atoms with E-state index in [1.165, 1.54) is 0 Å². The van der Waals surface area contributed by atoms with Crippen LogP contribution in [0.5, 0.6) is 0 Å². The Labute approximate surface area is 202 Å². The Morgan fingerprint density at radius 1 is 1.11 bits per heavy atom. The first kappa shape index (κ1) is 22.3. The zero-order chi connectivity index (χ0) is 24.5. The molecule has 5 rings (SSSR count). The molecule has 9 heteroatoms. The van der Waals surface area contributed by atoms with E-state index in [-0.39, 0.29) is 17.9 Å². The highest BCUT2D eigenvalue weighted by molar-refractivity contribution is 6.04. The van der Waals surface area contributed by atoms with Gasteiger partial charge >= 0.3 is 0 Å². The summed E-state index contributed by atoms with van der Waals surface area (Å²) in [5, 5.41) is 2.78. The third kappa shape index (κ3) is 4.12. The number of pyridine rings is 1. The lowest BCUT2D eigenvalue weighted by Crippen LogP contribution is -2.31. The van der Waals surface area contributed by atoms with Gasteiger partial charge in [0.1, 0.15) is 28.7 Å². The molecule has 1 aliphatic rings. The lowest BCUT2D eigenvalue weighted by molar-refractivity contribution is -0.128. The van der Waals surface area contributed by atoms with E-state index in [9.17, 15) is 9.59 Å². The molecule has 0 bridgehead atoms. The number of carbonyl (C=O) groups excluding carboxylic acids is 2. The molecule has 35 heavy (non-hydrogen) atoms. The van der Waals surface area contributed by atoms with Gasteiger partial charge in [-0.15, -0.1) is 0 Å². The van der Waals surface area contributed by atoms with E-state index < -0.39 is 0 Å². The SMILES string of the molecule is C=C(C)C(=O)N1CCCC1c1nc(-c2ccc(C(=O)Nc3ccccn3)cc2)c2c(N)nccn12. The molecular formula is C26H25N7O2. The summed E-state index contributed by atoms with van der Waals surface area (Å²) in [6.45, 7) is 6.20. The van der Waals surface area contributed by atoms with E-state index in [1.807, 2.05) is 27.6 Å². The number of anilines is 2. The summed E-state index contributed by atoms with van der Waals surface area (Å²) in [5.74, 6) is 1.22. The van der Waals surface area contributed by atoms with E-state index >= 15 is 0 Å². The number of nitrogens with zero attached hydrogens (tertiary/aromatic N) is 5. The van der Waals surface area contributed by atoms with E-state index in [4.69, 9.17) is 10.7 Å². The molecule has 176 valence electrons. The Morgan fingerprint density at radius 2 is 1.91 bits per heavy atom. The number of amides is 2. The number of nitrogen functional groups attached to an aromatic ring is 1. The average molecular weight is 468 g/mol. The number of imidazole rings is 1. The van der Waals surface area contributed by atoms with Crippen LogP contribution in [0.15, 0.2) is 73.2 Å². The van der Waals surface area contributed by atoms with Crippen LogP contribution < -0.4 is 11.1 Å². The average Bonchev–Trinajstić information content (AvgIpc) is 3.50. The second-order valence-electron chi connectivity index (χ2n) is 8.53. The molecule has 0 radical (unpaired) electrons. The number of rotatable bonds is 5. The number of nitrogens with two attached hydrogens (primary N) is 1. The topological polar surface area (TPSA) is 119 Å². The second kappa shape index (κ2) is 9.02. The maximum absolute atomic E-state index is 12.8. The Bertz CT molecular complexity index is 1430. The van der Waals surface area contributed by atoms with Crippen molar-refractivity contribution in [3.63, 3.8) is 0 Å². The Morgan fingerprint density at radius 3 is 2.63 bits per heavy atom. The van der Waals surface area contributed by atoms with Crippen molar-refractivity contribution in [2.75, 3.05) is 17.6 Å². The summed E-state index contributed by atoms with van der Waals surface area (Å²) in [5.41, 5.74) is 9.37. The molecule has 0 saturated carbocycles. The van der Waals surface area contributed by atoms with Gasteiger partial charge in [-0.3, -0.25) is 14.0 Å². The van der Waals surface area contributed by atoms with Crippen LogP contribution in [0.3, 0.4) is 0 Å². The van der Waals surface area contributed by atoms with E-state index in [1.54, 1.807) is 49.6 Å². The molecule has 0 aliphatic carbocycles. The Kier molecular flexibility index (Phi) is 5.74. The van der Waals surface area contributed by atoms with Crippen molar-refractivity contribution in [2.45, 2.75) is 25.8 Å². The lowest BCUT2D eigenvalue weighted by Gasteiger charge is -2.24. The largest absolute Gasteiger partial charge is 0.382 e. The van der Waals surface area contributed by atoms with Gasteiger partial charge in [-0.1, -0.05) is 24.8 Å². The number of likely N-dealkylation sites (tertiary alicyclic amines) is 1. The molecule has 4 aromatic rings. The molecule has 2 amide bonds. The molecular weight excluding hydrogens is 442 g/mol. The summed E-state index contributed by atoms with van der Waals surface area (Å²) in [4.78, 5) is 40.5. The third-order valence-corrected chi connectivity index (χ3v) is 6.11. The van der Waals surface area contributed by atoms with Crippen LogP contribution in [0, 0.1) is 0 Å². The number of hydrogen-bond donors (Lipinski definition) is 2. The number of fused-ring (bicyclic) bond motifs is 1. The van der Waals surface area contributed by atoms with Gasteiger partial charge in [0.25, 0.3) is 5.91 Å². The van der Waals surface area contributed by atoms with E-state index in [2.05, 4.69) is 21.9 Å². The van der Waals surface area contributed by atoms with Crippen molar-refractivity contribution < 1.29 is 9.59 Å². The highest BCUT2D eigenvalue weighted by Gasteiger charge is 2.34. The molecule has 1 fully saturated rings. The maximum atomic E-state index is 12.8. The van der Waals surface area contributed by atoms with Crippen LogP contribution in [-0.4, -0.2) is 42.6 Å². The number of carbonyl (C=O) groups is 2. The van der Waals surface area contributed by atoms with Gasteiger partial charge in [0, 0.05) is 41.8 Å². The molecule has 4 heterocycles. The first-order valence-electron chi connectivity index (χ1n) is 11.4. The molecule has 1 atom stereocenters. The summed E-state index contributed by atoms with van der Waals surface area (Å²) in [7, 11) is 0. The minimum absolute atomic E-state index is 0.0731. The first-order chi connectivity index (χ1) is 16.9. The number of nitrogens with one attached hydrogen (secondary N) is 1. The zero-order valence-electron chi connectivity index (χ0n) is 19.3. The lowest BCUT2D eigenvalue weighted by atomic mass is 10.1. The number of hydrogen-bond acceptors (Lipinski definition) is 6. The van der Waals surface area contributed by atoms with E-state index in [0.717, 1.165) is 24.2 Å². The number of aromatic nitrogens is 4. The van der Waals surface area contributed by atoms with Crippen molar-refractivity contribution in [1.82, 2.24) is 24.3 Å². The molecule has 1 saturated heterocycles. The van der Waals surface area contributed by atoms with Gasteiger partial charge < -0.3 is 16.0 Å². The van der Waals surface area contributed by atoms with Crippen LogP contribution in [-0.2, 0) is 4.79 Å². The van der Waals surface area contributed by atoms with Crippen molar-refractivity contribution >= 4 is 29.0 Å². The summed E-state index contributed by atoms with van der Waals surface area (Å²) in [6, 6.07) is 12.3. The van der Waals surface area contributed by atoms with Crippen molar-refractivity contribution in [1.29, 1.82) is 0 Å². The highest BCUT2D eigenvalue weighted by atomic mass is 16.2. The molecule has 0 spiro atoms. The Balaban J connectivity index is 1.51. The predicted octanol–water partition coefficient (Wildman–Crippen LogP) is 3.87. The third-order valence-electron chi connectivity index (χ3n) is 6.11. The summed E-state index contributed by atoms with van der Waals surface area (Å²) < 4.78 is 1.91. The minimum atomic E-state index is -0.258. The highest BCUT2D eigenvalue weighted by Crippen LogP contribution is 2.37. The second-order valence-corrected chi connectivity index (χ2v) is 8.53. The van der Waals surface area contributed by atoms with Gasteiger partial charge in [0.15, 0.2) is 0 Å². The van der Waals surface area contributed by atoms with Crippen LogP contribution >= 0.6 is 0 Å². The van der Waals surface area contributed by atoms with Gasteiger partial charge in [-0.05, 0) is 44.0 Å². The van der Waals surface area contributed by atoms with Crippen LogP contribution in [0.4, 0.5) is 11.6 Å². The maximum Gasteiger partial charge on any atom is 0.256 e. The van der Waals surface area contributed by atoms with Gasteiger partial charge in [0.05, 0.1) is 6.04 Å². The van der Waals surface area contributed by atoms with Crippen LogP contribution in [0.25, 0.3) is 16.8 Å².